The highest BCUT2D eigenvalue weighted by Gasteiger charge is 2.28. The number of benzene rings is 1. The van der Waals surface area contributed by atoms with E-state index in [1.54, 1.807) is 18.3 Å². The number of aromatic amines is 1. The zero-order chi connectivity index (χ0) is 18.7. The van der Waals surface area contributed by atoms with Gasteiger partial charge in [0, 0.05) is 5.69 Å². The smallest absolute Gasteiger partial charge is 0.322 e. The summed E-state index contributed by atoms with van der Waals surface area (Å²) in [4.78, 5) is 17.3. The van der Waals surface area contributed by atoms with Crippen LogP contribution in [0.15, 0.2) is 47.5 Å². The zero-order valence-electron chi connectivity index (χ0n) is 13.8. The highest BCUT2D eigenvalue weighted by Crippen LogP contribution is 2.23. The van der Waals surface area contributed by atoms with Crippen LogP contribution in [0.3, 0.4) is 0 Å². The molecule has 6 nitrogen and oxygen atoms in total. The monoisotopic (exact) mass is 382 g/mol. The fourth-order valence-electron chi connectivity index (χ4n) is 2.84. The van der Waals surface area contributed by atoms with Crippen LogP contribution in [0.1, 0.15) is 23.2 Å². The van der Waals surface area contributed by atoms with Crippen molar-refractivity contribution in [3.05, 3.63) is 48.2 Å². The molecule has 2 aromatic rings. The number of nitrogens with zero attached hydrogens (tertiary/aromatic N) is 1. The molecule has 1 aliphatic heterocycles. The van der Waals surface area contributed by atoms with Crippen LogP contribution in [0.2, 0.25) is 0 Å². The minimum atomic E-state index is -4.65. The van der Waals surface area contributed by atoms with Crippen molar-refractivity contribution in [3.8, 4) is 0 Å². The molecule has 0 spiro atoms. The molecule has 0 aliphatic carbocycles. The Morgan fingerprint density at radius 2 is 1.77 bits per heavy atom. The van der Waals surface area contributed by atoms with Gasteiger partial charge in [0.2, 0.25) is 9.84 Å². The average Bonchev–Trinajstić information content (AvgIpc) is 3.16. The first-order chi connectivity index (χ1) is 12.4. The maximum atomic E-state index is 12.6. The van der Waals surface area contributed by atoms with Crippen LogP contribution in [-0.2, 0) is 9.84 Å². The molecule has 138 valence electrons. The van der Waals surface area contributed by atoms with Gasteiger partial charge in [0.1, 0.15) is 5.56 Å². The van der Waals surface area contributed by atoms with Gasteiger partial charge in [-0.2, -0.15) is 8.78 Å². The Morgan fingerprint density at radius 1 is 1.12 bits per heavy atom. The second kappa shape index (κ2) is 7.36. The average molecular weight is 382 g/mol. The van der Waals surface area contributed by atoms with Crippen molar-refractivity contribution in [2.75, 3.05) is 23.3 Å². The van der Waals surface area contributed by atoms with Gasteiger partial charge in [0.15, 0.2) is 0 Å². The first kappa shape index (κ1) is 18.2. The van der Waals surface area contributed by atoms with Crippen molar-refractivity contribution in [2.45, 2.75) is 23.5 Å². The number of pyridine rings is 1. The van der Waals surface area contributed by atoms with Crippen LogP contribution in [0.5, 0.6) is 0 Å². The van der Waals surface area contributed by atoms with Crippen molar-refractivity contribution >= 4 is 27.2 Å². The summed E-state index contributed by atoms with van der Waals surface area (Å²) < 4.78 is 48.0. The Morgan fingerprint density at radius 3 is 2.38 bits per heavy atom. The van der Waals surface area contributed by atoms with Crippen LogP contribution < -0.4 is 15.2 Å². The number of anilines is 2. The molecule has 2 heterocycles. The molecule has 1 aliphatic rings. The summed E-state index contributed by atoms with van der Waals surface area (Å²) in [6.45, 7) is 1.72. The fraction of sp³-hybridized carbons (Fsp3) is 0.294. The van der Waals surface area contributed by atoms with E-state index in [2.05, 4.69) is 15.2 Å². The number of carbonyl (C=O) groups excluding carboxylic acids is 1. The Kier molecular flexibility index (Phi) is 5.17. The standard InChI is InChI=1S/C17H17F2N3O3S/c18-17(19)26(24,25)13-7-5-12(6-8-13)21-16(23)14-4-3-9-20-15(14)22-10-1-2-11-22/h3-9,17H,1-2,10-11H2,(H,21,23)/p+1. The largest absolute Gasteiger partial charge is 0.341 e. The maximum Gasteiger partial charge on any atom is 0.341 e. The van der Waals surface area contributed by atoms with E-state index < -0.39 is 20.5 Å². The maximum absolute atomic E-state index is 12.6. The van der Waals surface area contributed by atoms with Gasteiger partial charge in [0.25, 0.3) is 11.7 Å². The summed E-state index contributed by atoms with van der Waals surface area (Å²) >= 11 is 0. The molecule has 1 aromatic carbocycles. The van der Waals surface area contributed by atoms with Crippen LogP contribution in [0, 0.1) is 0 Å². The van der Waals surface area contributed by atoms with Gasteiger partial charge in [-0.25, -0.2) is 13.4 Å². The Balaban J connectivity index is 1.79. The minimum absolute atomic E-state index is 0.319. The molecule has 1 fully saturated rings. The van der Waals surface area contributed by atoms with Gasteiger partial charge in [-0.15, -0.1) is 0 Å². The van der Waals surface area contributed by atoms with Crippen molar-refractivity contribution in [3.63, 3.8) is 0 Å². The summed E-state index contributed by atoms with van der Waals surface area (Å²) in [5.41, 5.74) is 0.776. The number of sulfone groups is 1. The molecule has 1 amide bonds. The highest BCUT2D eigenvalue weighted by atomic mass is 32.2. The number of carbonyl (C=O) groups is 1. The molecule has 2 N–H and O–H groups in total. The highest BCUT2D eigenvalue weighted by molar-refractivity contribution is 7.91. The van der Waals surface area contributed by atoms with E-state index >= 15 is 0 Å². The predicted octanol–water partition coefficient (Wildman–Crippen LogP) is 2.35. The zero-order valence-corrected chi connectivity index (χ0v) is 14.6. The molecule has 0 radical (unpaired) electrons. The van der Waals surface area contributed by atoms with Gasteiger partial charge in [-0.3, -0.25) is 9.69 Å². The van der Waals surface area contributed by atoms with E-state index in [9.17, 15) is 22.0 Å². The molecule has 1 aromatic heterocycles. The molecule has 0 unspecified atom stereocenters. The van der Waals surface area contributed by atoms with Gasteiger partial charge in [-0.1, -0.05) is 0 Å². The number of hydrogen-bond donors (Lipinski definition) is 1. The lowest BCUT2D eigenvalue weighted by atomic mass is 10.2. The number of aromatic nitrogens is 1. The number of halogens is 2. The molecule has 26 heavy (non-hydrogen) atoms. The van der Waals surface area contributed by atoms with Crippen molar-refractivity contribution in [1.82, 2.24) is 0 Å². The van der Waals surface area contributed by atoms with Gasteiger partial charge in [-0.05, 0) is 49.2 Å². The van der Waals surface area contributed by atoms with Gasteiger partial charge >= 0.3 is 5.76 Å². The van der Waals surface area contributed by atoms with E-state index in [4.69, 9.17) is 0 Å². The number of alkyl halides is 2. The van der Waals surface area contributed by atoms with E-state index in [-0.39, 0.29) is 5.91 Å². The Bertz CT molecular complexity index is 896. The second-order valence-electron chi connectivity index (χ2n) is 5.91. The van der Waals surface area contributed by atoms with Crippen molar-refractivity contribution in [2.24, 2.45) is 0 Å². The summed E-state index contributed by atoms with van der Waals surface area (Å²) in [5, 5.41) is 2.66. The van der Waals surface area contributed by atoms with Crippen molar-refractivity contribution < 1.29 is 27.0 Å². The third kappa shape index (κ3) is 3.67. The van der Waals surface area contributed by atoms with Crippen LogP contribution >= 0.6 is 0 Å². The SMILES string of the molecule is O=C(Nc1ccc(S(=O)(=O)C(F)F)cc1)c1ccc[nH+]c1N1CCCC1. The van der Waals surface area contributed by atoms with Gasteiger partial charge in [0.05, 0.1) is 24.2 Å². The lowest BCUT2D eigenvalue weighted by Crippen LogP contribution is -2.29. The lowest BCUT2D eigenvalue weighted by Gasteiger charge is -2.13. The normalized spacial score (nSPS) is 14.7. The second-order valence-corrected chi connectivity index (χ2v) is 7.83. The number of H-pyrrole nitrogens is 1. The van der Waals surface area contributed by atoms with E-state index in [0.29, 0.717) is 11.3 Å². The number of amides is 1. The molecule has 3 rings (SSSR count). The van der Waals surface area contributed by atoms with Crippen LogP contribution in [-0.4, -0.2) is 33.2 Å². The molecule has 9 heteroatoms. The third-order valence-electron chi connectivity index (χ3n) is 4.18. The van der Waals surface area contributed by atoms with Crippen molar-refractivity contribution in [1.29, 1.82) is 0 Å². The summed E-state index contributed by atoms with van der Waals surface area (Å²) in [5.74, 6) is -3.13. The summed E-state index contributed by atoms with van der Waals surface area (Å²) in [7, 11) is -4.65. The third-order valence-corrected chi connectivity index (χ3v) is 5.57. The first-order valence-corrected chi connectivity index (χ1v) is 9.63. The molecule has 0 saturated carbocycles. The quantitative estimate of drug-likeness (QED) is 0.861. The minimum Gasteiger partial charge on any atom is -0.322 e. The molecular formula is C17H18F2N3O3S+. The Labute approximate surface area is 149 Å². The van der Waals surface area contributed by atoms with Crippen LogP contribution in [0.25, 0.3) is 0 Å². The molecule has 0 atom stereocenters. The Hall–Kier alpha value is -2.55. The fourth-order valence-corrected chi connectivity index (χ4v) is 3.56. The first-order valence-electron chi connectivity index (χ1n) is 8.09. The topological polar surface area (TPSA) is 80.6 Å². The summed E-state index contributed by atoms with van der Waals surface area (Å²) in [6.07, 6.45) is 3.86. The lowest BCUT2D eigenvalue weighted by molar-refractivity contribution is -0.364. The van der Waals surface area contributed by atoms with E-state index in [0.717, 1.165) is 43.9 Å². The number of nitrogens with one attached hydrogen (secondary N) is 2. The van der Waals surface area contributed by atoms with E-state index in [1.807, 2.05) is 0 Å². The van der Waals surface area contributed by atoms with Gasteiger partial charge < -0.3 is 5.32 Å². The predicted molar refractivity (Wildman–Crippen MR) is 92.0 cm³/mol. The van der Waals surface area contributed by atoms with E-state index in [1.165, 1.54) is 12.1 Å². The number of rotatable bonds is 5. The molecule has 0 bridgehead atoms. The molecular weight excluding hydrogens is 364 g/mol. The molecule has 1 saturated heterocycles. The van der Waals surface area contributed by atoms with Crippen LogP contribution in [0.4, 0.5) is 20.3 Å². The summed E-state index contributed by atoms with van der Waals surface area (Å²) in [6, 6.07) is 8.08. The number of hydrogen-bond acceptors (Lipinski definition) is 4.